The van der Waals surface area contributed by atoms with E-state index in [1.54, 1.807) is 4.90 Å². The van der Waals surface area contributed by atoms with Gasteiger partial charge in [0.2, 0.25) is 0 Å². The lowest BCUT2D eigenvalue weighted by atomic mass is 10.1. The van der Waals surface area contributed by atoms with Crippen molar-refractivity contribution in [3.8, 4) is 0 Å². The van der Waals surface area contributed by atoms with Gasteiger partial charge in [-0.05, 0) is 25.5 Å². The molecule has 0 saturated carbocycles. The SMILES string of the molecule is CC1CN(C(=O)c2ccc(Cl)c([N+](=O)[O-])c2)CCCO1. The molecule has 0 aromatic heterocycles. The number of carbonyl (C=O) groups is 1. The van der Waals surface area contributed by atoms with Crippen LogP contribution < -0.4 is 0 Å². The fourth-order valence-electron chi connectivity index (χ4n) is 2.15. The molecule has 1 unspecified atom stereocenters. The van der Waals surface area contributed by atoms with Crippen LogP contribution in [-0.4, -0.2) is 41.5 Å². The Bertz CT molecular complexity index is 535. The Labute approximate surface area is 121 Å². The summed E-state index contributed by atoms with van der Waals surface area (Å²) in [5, 5.41) is 10.9. The number of amides is 1. The van der Waals surface area contributed by atoms with E-state index < -0.39 is 4.92 Å². The van der Waals surface area contributed by atoms with Gasteiger partial charge >= 0.3 is 0 Å². The zero-order valence-corrected chi connectivity index (χ0v) is 11.8. The third-order valence-electron chi connectivity index (χ3n) is 3.13. The van der Waals surface area contributed by atoms with Gasteiger partial charge in [-0.3, -0.25) is 14.9 Å². The smallest absolute Gasteiger partial charge is 0.288 e. The van der Waals surface area contributed by atoms with E-state index in [2.05, 4.69) is 0 Å². The topological polar surface area (TPSA) is 72.7 Å². The predicted molar refractivity (Wildman–Crippen MR) is 74.0 cm³/mol. The van der Waals surface area contributed by atoms with Gasteiger partial charge in [0.15, 0.2) is 0 Å². The second-order valence-corrected chi connectivity index (χ2v) is 5.12. The molecule has 7 heteroatoms. The number of nitrogens with zero attached hydrogens (tertiary/aromatic N) is 2. The first-order valence-corrected chi connectivity index (χ1v) is 6.71. The lowest BCUT2D eigenvalue weighted by Crippen LogP contribution is -2.35. The van der Waals surface area contributed by atoms with Gasteiger partial charge in [-0.15, -0.1) is 0 Å². The number of hydrogen-bond donors (Lipinski definition) is 0. The van der Waals surface area contributed by atoms with E-state index in [0.29, 0.717) is 19.7 Å². The highest BCUT2D eigenvalue weighted by molar-refractivity contribution is 6.32. The molecule has 1 heterocycles. The van der Waals surface area contributed by atoms with E-state index in [0.717, 1.165) is 6.42 Å². The Morgan fingerprint density at radius 1 is 1.55 bits per heavy atom. The van der Waals surface area contributed by atoms with Crippen molar-refractivity contribution in [1.29, 1.82) is 0 Å². The second-order valence-electron chi connectivity index (χ2n) is 4.71. The summed E-state index contributed by atoms with van der Waals surface area (Å²) in [6.45, 7) is 3.58. The van der Waals surface area contributed by atoms with Gasteiger partial charge < -0.3 is 9.64 Å². The summed E-state index contributed by atoms with van der Waals surface area (Å²) in [6, 6.07) is 4.11. The number of nitro groups is 1. The fourth-order valence-corrected chi connectivity index (χ4v) is 2.33. The van der Waals surface area contributed by atoms with Crippen molar-refractivity contribution in [3.05, 3.63) is 38.9 Å². The molecule has 6 nitrogen and oxygen atoms in total. The highest BCUT2D eigenvalue weighted by Crippen LogP contribution is 2.26. The summed E-state index contributed by atoms with van der Waals surface area (Å²) in [7, 11) is 0. The molecule has 1 saturated heterocycles. The van der Waals surface area contributed by atoms with Gasteiger partial charge in [0.25, 0.3) is 11.6 Å². The maximum atomic E-state index is 12.4. The normalized spacial score (nSPS) is 19.5. The van der Waals surface area contributed by atoms with Crippen molar-refractivity contribution in [3.63, 3.8) is 0 Å². The van der Waals surface area contributed by atoms with E-state index >= 15 is 0 Å². The van der Waals surface area contributed by atoms with Crippen molar-refractivity contribution in [2.75, 3.05) is 19.7 Å². The Morgan fingerprint density at radius 2 is 2.30 bits per heavy atom. The molecule has 20 heavy (non-hydrogen) atoms. The van der Waals surface area contributed by atoms with Crippen molar-refractivity contribution >= 4 is 23.2 Å². The first-order valence-electron chi connectivity index (χ1n) is 6.34. The number of halogens is 1. The van der Waals surface area contributed by atoms with Crippen LogP contribution in [0.4, 0.5) is 5.69 Å². The van der Waals surface area contributed by atoms with E-state index in [1.807, 2.05) is 6.92 Å². The van der Waals surface area contributed by atoms with Crippen LogP contribution in [0.1, 0.15) is 23.7 Å². The molecule has 0 radical (unpaired) electrons. The van der Waals surface area contributed by atoms with Crippen LogP contribution in [0, 0.1) is 10.1 Å². The molecule has 1 aliphatic rings. The van der Waals surface area contributed by atoms with Crippen LogP contribution in [0.5, 0.6) is 0 Å². The molecule has 1 fully saturated rings. The molecular formula is C13H15ClN2O4. The molecule has 0 bridgehead atoms. The minimum Gasteiger partial charge on any atom is -0.377 e. The first-order chi connectivity index (χ1) is 9.49. The van der Waals surface area contributed by atoms with Gasteiger partial charge in [0, 0.05) is 31.3 Å². The molecule has 2 rings (SSSR count). The van der Waals surface area contributed by atoms with Crippen LogP contribution in [-0.2, 0) is 4.74 Å². The van der Waals surface area contributed by atoms with Crippen LogP contribution in [0.3, 0.4) is 0 Å². The van der Waals surface area contributed by atoms with Crippen LogP contribution in [0.2, 0.25) is 5.02 Å². The van der Waals surface area contributed by atoms with Crippen molar-refractivity contribution < 1.29 is 14.5 Å². The zero-order valence-electron chi connectivity index (χ0n) is 11.0. The lowest BCUT2D eigenvalue weighted by Gasteiger charge is -2.22. The van der Waals surface area contributed by atoms with E-state index in [-0.39, 0.29) is 28.3 Å². The maximum Gasteiger partial charge on any atom is 0.288 e. The minimum absolute atomic E-state index is 0.0270. The number of ether oxygens (including phenoxy) is 1. The van der Waals surface area contributed by atoms with Crippen molar-refractivity contribution in [2.45, 2.75) is 19.4 Å². The molecule has 1 atom stereocenters. The minimum atomic E-state index is -0.590. The average molecular weight is 299 g/mol. The molecule has 1 amide bonds. The summed E-state index contributed by atoms with van der Waals surface area (Å²) in [4.78, 5) is 24.3. The summed E-state index contributed by atoms with van der Waals surface area (Å²) >= 11 is 5.74. The van der Waals surface area contributed by atoms with Gasteiger partial charge in [0.05, 0.1) is 11.0 Å². The molecular weight excluding hydrogens is 284 g/mol. The Balaban J connectivity index is 2.24. The summed E-state index contributed by atoms with van der Waals surface area (Å²) in [6.07, 6.45) is 0.718. The third-order valence-corrected chi connectivity index (χ3v) is 3.45. The van der Waals surface area contributed by atoms with Crippen molar-refractivity contribution in [1.82, 2.24) is 4.90 Å². The van der Waals surface area contributed by atoms with Crippen LogP contribution >= 0.6 is 11.6 Å². The number of rotatable bonds is 2. The lowest BCUT2D eigenvalue weighted by molar-refractivity contribution is -0.384. The van der Waals surface area contributed by atoms with E-state index in [9.17, 15) is 14.9 Å². The monoisotopic (exact) mass is 298 g/mol. The zero-order chi connectivity index (χ0) is 14.7. The number of hydrogen-bond acceptors (Lipinski definition) is 4. The van der Waals surface area contributed by atoms with Gasteiger partial charge in [0.1, 0.15) is 5.02 Å². The highest BCUT2D eigenvalue weighted by Gasteiger charge is 2.23. The second kappa shape index (κ2) is 6.19. The molecule has 1 aromatic rings. The molecule has 0 N–H and O–H groups in total. The molecule has 0 spiro atoms. The van der Waals surface area contributed by atoms with Crippen LogP contribution in [0.15, 0.2) is 18.2 Å². The summed E-state index contributed by atoms with van der Waals surface area (Å²) in [5.41, 5.74) is 0.0202. The number of benzene rings is 1. The van der Waals surface area contributed by atoms with Crippen molar-refractivity contribution in [2.24, 2.45) is 0 Å². The average Bonchev–Trinajstić information content (AvgIpc) is 2.63. The predicted octanol–water partition coefficient (Wildman–Crippen LogP) is 2.50. The van der Waals surface area contributed by atoms with E-state index in [4.69, 9.17) is 16.3 Å². The Morgan fingerprint density at radius 3 is 3.00 bits per heavy atom. The quantitative estimate of drug-likeness (QED) is 0.621. The van der Waals surface area contributed by atoms with Crippen LogP contribution in [0.25, 0.3) is 0 Å². The standard InChI is InChI=1S/C13H15ClN2O4/c1-9-8-15(5-2-6-20-9)13(17)10-3-4-11(14)12(7-10)16(18)19/h3-4,7,9H,2,5-6,8H2,1H3. The summed E-state index contributed by atoms with van der Waals surface area (Å²) < 4.78 is 5.48. The van der Waals surface area contributed by atoms with Gasteiger partial charge in [-0.2, -0.15) is 0 Å². The maximum absolute atomic E-state index is 12.4. The molecule has 0 aliphatic carbocycles. The highest BCUT2D eigenvalue weighted by atomic mass is 35.5. The van der Waals surface area contributed by atoms with Gasteiger partial charge in [-0.1, -0.05) is 11.6 Å². The molecule has 1 aromatic carbocycles. The first kappa shape index (κ1) is 14.7. The molecule has 108 valence electrons. The molecule has 1 aliphatic heterocycles. The third kappa shape index (κ3) is 3.26. The number of nitro benzene ring substituents is 1. The van der Waals surface area contributed by atoms with Gasteiger partial charge in [-0.25, -0.2) is 0 Å². The summed E-state index contributed by atoms with van der Waals surface area (Å²) in [5.74, 6) is -0.234. The number of carbonyl (C=O) groups excluding carboxylic acids is 1. The fraction of sp³-hybridized carbons (Fsp3) is 0.462. The van der Waals surface area contributed by atoms with E-state index in [1.165, 1.54) is 18.2 Å². The Kier molecular flexibility index (Phi) is 4.57. The Hall–Kier alpha value is -1.66. The largest absolute Gasteiger partial charge is 0.377 e.